The van der Waals surface area contributed by atoms with Gasteiger partial charge in [-0.1, -0.05) is 0 Å². The van der Waals surface area contributed by atoms with Gasteiger partial charge in [-0.05, 0) is 24.3 Å². The van der Waals surface area contributed by atoms with Crippen LogP contribution in [0.4, 0.5) is 36.8 Å². The SMILES string of the molecule is O=C(Nc1ccnc(C(F)(F)F)c1)c1cnn(-c2cc3c(ccn3C(=O)O)s2)c1C(F)(F)F. The van der Waals surface area contributed by atoms with E-state index in [-0.39, 0.29) is 10.5 Å². The molecule has 4 rings (SSSR count). The molecule has 33 heavy (non-hydrogen) atoms. The van der Waals surface area contributed by atoms with Gasteiger partial charge in [-0.15, -0.1) is 11.3 Å². The summed E-state index contributed by atoms with van der Waals surface area (Å²) in [6.45, 7) is 0. The third-order valence-corrected chi connectivity index (χ3v) is 5.43. The highest BCUT2D eigenvalue weighted by molar-refractivity contribution is 7.21. The van der Waals surface area contributed by atoms with Crippen LogP contribution in [-0.4, -0.2) is 36.4 Å². The molecule has 0 saturated heterocycles. The van der Waals surface area contributed by atoms with Crippen molar-refractivity contribution in [3.63, 3.8) is 0 Å². The summed E-state index contributed by atoms with van der Waals surface area (Å²) in [6.07, 6.45) is -8.64. The zero-order valence-electron chi connectivity index (χ0n) is 15.8. The van der Waals surface area contributed by atoms with Crippen LogP contribution in [0, 0.1) is 0 Å². The summed E-state index contributed by atoms with van der Waals surface area (Å²) in [5.74, 6) is -1.34. The molecule has 0 saturated carbocycles. The number of halogens is 6. The van der Waals surface area contributed by atoms with Gasteiger partial charge in [-0.3, -0.25) is 14.3 Å². The Hall–Kier alpha value is -3.88. The topological polar surface area (TPSA) is 102 Å². The number of carbonyl (C=O) groups is 2. The molecule has 4 aromatic rings. The maximum Gasteiger partial charge on any atom is 0.434 e. The molecule has 0 aliphatic carbocycles. The second-order valence-corrected chi connectivity index (χ2v) is 7.56. The highest BCUT2D eigenvalue weighted by Crippen LogP contribution is 2.37. The number of aromatic nitrogens is 4. The number of nitrogens with zero attached hydrogens (tertiary/aromatic N) is 4. The molecule has 4 heterocycles. The van der Waals surface area contributed by atoms with E-state index in [4.69, 9.17) is 5.11 Å². The average Bonchev–Trinajstić information content (AvgIpc) is 3.40. The van der Waals surface area contributed by atoms with Crippen molar-refractivity contribution in [2.24, 2.45) is 0 Å². The Morgan fingerprint density at radius 1 is 1.06 bits per heavy atom. The fourth-order valence-corrected chi connectivity index (χ4v) is 4.01. The Kier molecular flexibility index (Phi) is 5.15. The summed E-state index contributed by atoms with van der Waals surface area (Å²) < 4.78 is 81.5. The number of hydrogen-bond donors (Lipinski definition) is 2. The van der Waals surface area contributed by atoms with E-state index >= 15 is 0 Å². The number of nitrogens with one attached hydrogen (secondary N) is 1. The minimum atomic E-state index is -5.07. The smallest absolute Gasteiger partial charge is 0.434 e. The number of thiophene rings is 1. The molecule has 0 atom stereocenters. The van der Waals surface area contributed by atoms with Gasteiger partial charge in [0.2, 0.25) is 0 Å². The lowest BCUT2D eigenvalue weighted by molar-refractivity contribution is -0.143. The fourth-order valence-electron chi connectivity index (χ4n) is 3.00. The Morgan fingerprint density at radius 3 is 2.42 bits per heavy atom. The highest BCUT2D eigenvalue weighted by atomic mass is 32.1. The molecule has 0 fully saturated rings. The molecule has 0 aliphatic rings. The van der Waals surface area contributed by atoms with Crippen LogP contribution in [-0.2, 0) is 12.4 Å². The van der Waals surface area contributed by atoms with Crippen LogP contribution < -0.4 is 5.32 Å². The molecule has 15 heteroatoms. The molecular formula is C18H9F6N5O3S. The second-order valence-electron chi connectivity index (χ2n) is 6.50. The lowest BCUT2D eigenvalue weighted by atomic mass is 10.2. The number of rotatable bonds is 3. The van der Waals surface area contributed by atoms with Gasteiger partial charge in [0.05, 0.1) is 22.0 Å². The van der Waals surface area contributed by atoms with Crippen LogP contribution in [0.15, 0.2) is 42.9 Å². The van der Waals surface area contributed by atoms with Crippen molar-refractivity contribution >= 4 is 39.2 Å². The summed E-state index contributed by atoms with van der Waals surface area (Å²) in [5.41, 5.74) is -4.05. The Bertz CT molecular complexity index is 1380. The predicted octanol–water partition coefficient (Wildman–Crippen LogP) is 5.10. The average molecular weight is 489 g/mol. The van der Waals surface area contributed by atoms with Gasteiger partial charge in [0.15, 0.2) is 5.69 Å². The van der Waals surface area contributed by atoms with Crippen LogP contribution in [0.2, 0.25) is 0 Å². The number of carbonyl (C=O) groups excluding carboxylic acids is 1. The van der Waals surface area contributed by atoms with Crippen molar-refractivity contribution in [1.82, 2.24) is 19.3 Å². The van der Waals surface area contributed by atoms with Gasteiger partial charge in [-0.2, -0.15) is 31.4 Å². The van der Waals surface area contributed by atoms with E-state index in [0.29, 0.717) is 21.6 Å². The maximum atomic E-state index is 13.8. The molecule has 172 valence electrons. The first kappa shape index (κ1) is 22.3. The first-order chi connectivity index (χ1) is 15.4. The van der Waals surface area contributed by atoms with Gasteiger partial charge >= 0.3 is 18.4 Å². The second kappa shape index (κ2) is 7.61. The van der Waals surface area contributed by atoms with Gasteiger partial charge < -0.3 is 10.4 Å². The minimum Gasteiger partial charge on any atom is -0.464 e. The standard InChI is InChI=1S/C18H9F6N5O3S/c19-17(20,21)12-5-8(1-3-25-12)27-15(30)9-7-26-29(14(9)18(22,23)24)13-6-10-11(33-13)2-4-28(10)16(31)32/h1-7H,(H,31,32)(H,25,27,30). The van der Waals surface area contributed by atoms with Crippen LogP contribution >= 0.6 is 11.3 Å². The number of hydrogen-bond acceptors (Lipinski definition) is 5. The number of alkyl halides is 6. The number of carboxylic acid groups (broad SMARTS) is 1. The zero-order valence-corrected chi connectivity index (χ0v) is 16.6. The van der Waals surface area contributed by atoms with Crippen LogP contribution in [0.3, 0.4) is 0 Å². The summed E-state index contributed by atoms with van der Waals surface area (Å²) in [7, 11) is 0. The van der Waals surface area contributed by atoms with E-state index in [1.165, 1.54) is 12.3 Å². The van der Waals surface area contributed by atoms with Gasteiger partial charge in [0.1, 0.15) is 10.7 Å². The molecule has 1 amide bonds. The lowest BCUT2D eigenvalue weighted by Crippen LogP contribution is -2.20. The van der Waals surface area contributed by atoms with Gasteiger partial charge in [0.25, 0.3) is 5.91 Å². The molecule has 0 aromatic carbocycles. The van der Waals surface area contributed by atoms with Crippen LogP contribution in [0.25, 0.3) is 15.2 Å². The normalized spacial score (nSPS) is 12.3. The number of anilines is 1. The monoisotopic (exact) mass is 489 g/mol. The van der Waals surface area contributed by atoms with E-state index in [1.54, 1.807) is 0 Å². The Morgan fingerprint density at radius 2 is 1.79 bits per heavy atom. The van der Waals surface area contributed by atoms with Gasteiger partial charge in [-0.25, -0.2) is 9.48 Å². The maximum absolute atomic E-state index is 13.8. The molecule has 0 unspecified atom stereocenters. The predicted molar refractivity (Wildman–Crippen MR) is 103 cm³/mol. The van der Waals surface area contributed by atoms with Crippen molar-refractivity contribution in [3.8, 4) is 5.00 Å². The first-order valence-electron chi connectivity index (χ1n) is 8.70. The van der Waals surface area contributed by atoms with Crippen molar-refractivity contribution in [1.29, 1.82) is 0 Å². The molecule has 4 aromatic heterocycles. The summed E-state index contributed by atoms with van der Waals surface area (Å²) in [5, 5.41) is 14.6. The van der Waals surface area contributed by atoms with E-state index in [2.05, 4.69) is 10.1 Å². The van der Waals surface area contributed by atoms with E-state index in [1.807, 2.05) is 5.32 Å². The molecule has 2 N–H and O–H groups in total. The van der Waals surface area contributed by atoms with Crippen LogP contribution in [0.1, 0.15) is 21.7 Å². The van der Waals surface area contributed by atoms with Crippen molar-refractivity contribution in [2.75, 3.05) is 5.32 Å². The van der Waals surface area contributed by atoms with Gasteiger partial charge in [0, 0.05) is 18.1 Å². The summed E-state index contributed by atoms with van der Waals surface area (Å²) in [4.78, 5) is 26.9. The summed E-state index contributed by atoms with van der Waals surface area (Å²) in [6, 6.07) is 4.02. The van der Waals surface area contributed by atoms with E-state index < -0.39 is 47.0 Å². The Balaban J connectivity index is 1.74. The quantitative estimate of drug-likeness (QED) is 0.390. The molecule has 0 bridgehead atoms. The molecule has 0 aliphatic heterocycles. The molecular weight excluding hydrogens is 480 g/mol. The van der Waals surface area contributed by atoms with Crippen molar-refractivity contribution in [2.45, 2.75) is 12.4 Å². The molecule has 0 radical (unpaired) electrons. The highest BCUT2D eigenvalue weighted by Gasteiger charge is 2.41. The first-order valence-corrected chi connectivity index (χ1v) is 9.52. The summed E-state index contributed by atoms with van der Waals surface area (Å²) >= 11 is 0.804. The third kappa shape index (κ3) is 4.13. The molecule has 0 spiro atoms. The molecule has 8 nitrogen and oxygen atoms in total. The fraction of sp³-hybridized carbons (Fsp3) is 0.111. The van der Waals surface area contributed by atoms with E-state index in [9.17, 15) is 35.9 Å². The van der Waals surface area contributed by atoms with Crippen LogP contribution in [0.5, 0.6) is 0 Å². The number of fused-ring (bicyclic) bond motifs is 1. The minimum absolute atomic E-state index is 0.119. The number of pyridine rings is 1. The number of amides is 1. The van der Waals surface area contributed by atoms with Crippen molar-refractivity contribution in [3.05, 3.63) is 59.8 Å². The van der Waals surface area contributed by atoms with Crippen molar-refractivity contribution < 1.29 is 41.0 Å². The third-order valence-electron chi connectivity index (χ3n) is 4.37. The largest absolute Gasteiger partial charge is 0.464 e. The Labute approximate surface area is 182 Å². The van der Waals surface area contributed by atoms with E-state index in [0.717, 1.165) is 34.2 Å². The zero-order chi connectivity index (χ0) is 24.1. The lowest BCUT2D eigenvalue weighted by Gasteiger charge is -2.12.